The van der Waals surface area contributed by atoms with Crippen molar-refractivity contribution in [2.24, 2.45) is 0 Å². The molecule has 0 aliphatic carbocycles. The quantitative estimate of drug-likeness (QED) is 0.174. The summed E-state index contributed by atoms with van der Waals surface area (Å²) in [5.74, 6) is -0.437. The van der Waals surface area contributed by atoms with Crippen LogP contribution in [0.1, 0.15) is 42.6 Å². The Morgan fingerprint density at radius 1 is 0.907 bits per heavy atom. The molecule has 1 fully saturated rings. The number of fused-ring (bicyclic) bond motifs is 1. The number of amides is 1. The van der Waals surface area contributed by atoms with Gasteiger partial charge in [-0.15, -0.1) is 0 Å². The van der Waals surface area contributed by atoms with Crippen molar-refractivity contribution in [3.63, 3.8) is 0 Å². The van der Waals surface area contributed by atoms with E-state index in [2.05, 4.69) is 17.3 Å². The molecule has 0 saturated carbocycles. The zero-order valence-corrected chi connectivity index (χ0v) is 24.4. The Morgan fingerprint density at radius 3 is 2.35 bits per heavy atom. The summed E-state index contributed by atoms with van der Waals surface area (Å²) in [7, 11) is 2.09. The third-order valence-corrected chi connectivity index (χ3v) is 7.21. The summed E-state index contributed by atoms with van der Waals surface area (Å²) in [4.78, 5) is 51.7. The summed E-state index contributed by atoms with van der Waals surface area (Å²) in [5.41, 5.74) is 1.54. The molecule has 1 aromatic heterocycles. The fraction of sp³-hybridized carbons (Fsp3) is 0.273. The lowest BCUT2D eigenvalue weighted by atomic mass is 10.0. The molecule has 222 valence electrons. The predicted octanol–water partition coefficient (Wildman–Crippen LogP) is 5.34. The Balaban J connectivity index is 1.41. The van der Waals surface area contributed by atoms with Crippen LogP contribution >= 0.6 is 0 Å². The van der Waals surface area contributed by atoms with Crippen LogP contribution in [-0.2, 0) is 9.59 Å². The number of benzene rings is 3. The monoisotopic (exact) mass is 584 g/mol. The summed E-state index contributed by atoms with van der Waals surface area (Å²) in [6.45, 7) is 6.32. The number of nitrogens with zero attached hydrogens (tertiary/aromatic N) is 1. The number of ether oxygens (including phenoxy) is 3. The van der Waals surface area contributed by atoms with E-state index in [4.69, 9.17) is 18.6 Å². The second kappa shape index (κ2) is 12.5. The smallest absolute Gasteiger partial charge is 0.360 e. The van der Waals surface area contributed by atoms with Crippen LogP contribution in [0.4, 0.5) is 5.69 Å². The predicted molar refractivity (Wildman–Crippen MR) is 161 cm³/mol. The number of nitrogens with one attached hydrogen (secondary N) is 1. The highest BCUT2D eigenvalue weighted by Crippen LogP contribution is 2.34. The molecule has 3 aromatic carbocycles. The van der Waals surface area contributed by atoms with Gasteiger partial charge in [0.1, 0.15) is 34.6 Å². The summed E-state index contributed by atoms with van der Waals surface area (Å²) >= 11 is 0. The minimum Gasteiger partial charge on any atom is -0.490 e. The summed E-state index contributed by atoms with van der Waals surface area (Å²) in [6, 6.07) is 16.3. The van der Waals surface area contributed by atoms with Crippen molar-refractivity contribution < 1.29 is 33.0 Å². The Bertz CT molecular complexity index is 1770. The average Bonchev–Trinajstić information content (AvgIpc) is 2.96. The minimum atomic E-state index is -0.703. The Kier molecular flexibility index (Phi) is 8.58. The van der Waals surface area contributed by atoms with E-state index in [-0.39, 0.29) is 28.9 Å². The van der Waals surface area contributed by atoms with E-state index >= 15 is 0 Å². The molecule has 1 saturated heterocycles. The van der Waals surface area contributed by atoms with Crippen molar-refractivity contribution in [2.75, 3.05) is 25.5 Å². The van der Waals surface area contributed by atoms with Gasteiger partial charge in [-0.25, -0.2) is 4.79 Å². The van der Waals surface area contributed by atoms with E-state index in [1.54, 1.807) is 36.4 Å². The zero-order chi connectivity index (χ0) is 30.7. The highest BCUT2D eigenvalue weighted by atomic mass is 16.5. The van der Waals surface area contributed by atoms with Crippen LogP contribution in [-0.4, -0.2) is 49.0 Å². The normalized spacial score (nSPS) is 13.9. The van der Waals surface area contributed by atoms with Crippen LogP contribution in [0.15, 0.2) is 69.9 Å². The number of esters is 2. The molecular weight excluding hydrogens is 552 g/mol. The average molecular weight is 585 g/mol. The van der Waals surface area contributed by atoms with Gasteiger partial charge in [-0.05, 0) is 80.9 Å². The molecule has 1 N–H and O–H groups in total. The van der Waals surface area contributed by atoms with Gasteiger partial charge < -0.3 is 28.8 Å². The molecule has 2 heterocycles. The van der Waals surface area contributed by atoms with Gasteiger partial charge in [0.15, 0.2) is 0 Å². The molecular formula is C33H32N2O8. The number of anilines is 1. The lowest BCUT2D eigenvalue weighted by molar-refractivity contribution is -0.132. The van der Waals surface area contributed by atoms with Crippen LogP contribution in [0.5, 0.6) is 17.2 Å². The number of rotatable bonds is 7. The maximum atomic E-state index is 13.3. The maximum absolute atomic E-state index is 13.3. The van der Waals surface area contributed by atoms with Crippen molar-refractivity contribution >= 4 is 34.5 Å². The minimum absolute atomic E-state index is 0.0247. The van der Waals surface area contributed by atoms with Crippen LogP contribution in [0.2, 0.25) is 0 Å². The van der Waals surface area contributed by atoms with Gasteiger partial charge in [-0.3, -0.25) is 14.4 Å². The molecule has 10 nitrogen and oxygen atoms in total. The number of carbonyl (C=O) groups is 3. The van der Waals surface area contributed by atoms with E-state index in [9.17, 15) is 19.2 Å². The fourth-order valence-electron chi connectivity index (χ4n) is 5.03. The first-order valence-corrected chi connectivity index (χ1v) is 13.9. The molecule has 0 atom stereocenters. The first-order valence-electron chi connectivity index (χ1n) is 13.9. The summed E-state index contributed by atoms with van der Waals surface area (Å²) in [5, 5.41) is 3.28. The first kappa shape index (κ1) is 29.5. The van der Waals surface area contributed by atoms with Crippen molar-refractivity contribution in [3.05, 3.63) is 82.2 Å². The van der Waals surface area contributed by atoms with E-state index < -0.39 is 23.5 Å². The molecule has 5 rings (SSSR count). The number of likely N-dealkylation sites (tertiary alicyclic amines) is 1. The molecule has 0 bridgehead atoms. The van der Waals surface area contributed by atoms with Crippen LogP contribution < -0.4 is 25.2 Å². The van der Waals surface area contributed by atoms with E-state index in [1.807, 2.05) is 13.0 Å². The topological polar surface area (TPSA) is 124 Å². The Morgan fingerprint density at radius 2 is 1.63 bits per heavy atom. The second-order valence-electron chi connectivity index (χ2n) is 10.6. The zero-order valence-electron chi connectivity index (χ0n) is 24.4. The van der Waals surface area contributed by atoms with E-state index in [0.717, 1.165) is 25.9 Å². The van der Waals surface area contributed by atoms with Gasteiger partial charge in [0, 0.05) is 49.0 Å². The molecule has 0 spiro atoms. The molecule has 0 unspecified atom stereocenters. The van der Waals surface area contributed by atoms with Crippen LogP contribution in [0, 0.1) is 6.92 Å². The van der Waals surface area contributed by atoms with Gasteiger partial charge in [-0.2, -0.15) is 0 Å². The molecule has 4 aromatic rings. The summed E-state index contributed by atoms with van der Waals surface area (Å²) < 4.78 is 22.4. The second-order valence-corrected chi connectivity index (χ2v) is 10.6. The van der Waals surface area contributed by atoms with Crippen LogP contribution in [0.25, 0.3) is 22.1 Å². The maximum Gasteiger partial charge on any atom is 0.360 e. The number of hydrogen-bond acceptors (Lipinski definition) is 9. The largest absolute Gasteiger partial charge is 0.490 e. The van der Waals surface area contributed by atoms with Gasteiger partial charge in [0.2, 0.25) is 0 Å². The third kappa shape index (κ3) is 6.92. The Labute approximate surface area is 248 Å². The number of piperidine rings is 1. The van der Waals surface area contributed by atoms with Crippen molar-refractivity contribution in [3.8, 4) is 28.4 Å². The molecule has 10 heteroatoms. The number of carbonyl (C=O) groups excluding carboxylic acids is 3. The van der Waals surface area contributed by atoms with Crippen molar-refractivity contribution in [1.82, 2.24) is 4.90 Å². The standard InChI is InChI=1S/C33H32N2O8/c1-19-29(42-25-12-14-35(4)15-13-25)10-8-23-18-28(33(39)43-31(19)23)34-32(38)24-9-11-30(41-21(3)37)27(17-24)22-6-5-7-26(16-22)40-20(2)36/h5-11,16-18,25H,12-15H2,1-4H3,(H,34,38). The van der Waals surface area contributed by atoms with Crippen molar-refractivity contribution in [1.29, 1.82) is 0 Å². The fourth-order valence-corrected chi connectivity index (χ4v) is 5.03. The van der Waals surface area contributed by atoms with Gasteiger partial charge >= 0.3 is 17.6 Å². The summed E-state index contributed by atoms with van der Waals surface area (Å²) in [6.07, 6.45) is 1.94. The highest BCUT2D eigenvalue weighted by Gasteiger charge is 2.21. The lowest BCUT2D eigenvalue weighted by Gasteiger charge is -2.29. The van der Waals surface area contributed by atoms with Gasteiger partial charge in [-0.1, -0.05) is 12.1 Å². The van der Waals surface area contributed by atoms with Gasteiger partial charge in [0.25, 0.3) is 5.91 Å². The molecule has 43 heavy (non-hydrogen) atoms. The van der Waals surface area contributed by atoms with Gasteiger partial charge in [0.05, 0.1) is 0 Å². The lowest BCUT2D eigenvalue weighted by Crippen LogP contribution is -2.35. The third-order valence-electron chi connectivity index (χ3n) is 7.21. The molecule has 1 aliphatic heterocycles. The molecule has 0 radical (unpaired) electrons. The number of hydrogen-bond donors (Lipinski definition) is 1. The Hall–Kier alpha value is -4.96. The number of aryl methyl sites for hydroxylation is 1. The first-order chi connectivity index (χ1) is 20.6. The SMILES string of the molecule is CC(=O)Oc1cccc(-c2cc(C(=O)Nc3cc4ccc(OC5CCN(C)CC5)c(C)c4oc3=O)ccc2OC(C)=O)c1. The van der Waals surface area contributed by atoms with Crippen molar-refractivity contribution in [2.45, 2.75) is 39.7 Å². The van der Waals surface area contributed by atoms with E-state index in [1.165, 1.54) is 32.0 Å². The highest BCUT2D eigenvalue weighted by molar-refractivity contribution is 6.06. The van der Waals surface area contributed by atoms with E-state index in [0.29, 0.717) is 33.4 Å². The molecule has 1 amide bonds. The molecule has 1 aliphatic rings. The van der Waals surface area contributed by atoms with Crippen LogP contribution in [0.3, 0.4) is 0 Å².